The second kappa shape index (κ2) is 4.23. The van der Waals surface area contributed by atoms with Gasteiger partial charge in [-0.1, -0.05) is 0 Å². The van der Waals surface area contributed by atoms with Gasteiger partial charge in [0.25, 0.3) is 0 Å². The Bertz CT molecular complexity index is 74.4. The molecule has 48 valence electrons. The van der Waals surface area contributed by atoms with E-state index in [1.54, 1.807) is 0 Å². The average molecular weight is 152 g/mol. The van der Waals surface area contributed by atoms with E-state index in [1.807, 2.05) is 0 Å². The highest BCUT2D eigenvalue weighted by molar-refractivity contribution is 7.99. The van der Waals surface area contributed by atoms with E-state index in [9.17, 15) is 4.79 Å². The van der Waals surface area contributed by atoms with Crippen LogP contribution in [0.5, 0.6) is 0 Å². The van der Waals surface area contributed by atoms with E-state index in [1.165, 1.54) is 0 Å². The molecule has 0 aliphatic carbocycles. The van der Waals surface area contributed by atoms with Gasteiger partial charge in [0.15, 0.2) is 0 Å². The molecule has 8 heavy (non-hydrogen) atoms. The summed E-state index contributed by atoms with van der Waals surface area (Å²) in [6, 6.07) is 0. The van der Waals surface area contributed by atoms with Crippen molar-refractivity contribution in [3.63, 3.8) is 0 Å². The fourth-order valence-corrected chi connectivity index (χ4v) is 0.464. The van der Waals surface area contributed by atoms with Gasteiger partial charge in [-0.15, -0.1) is 0 Å². The van der Waals surface area contributed by atoms with E-state index in [2.05, 4.69) is 25.3 Å². The molecule has 0 heterocycles. The van der Waals surface area contributed by atoms with Crippen LogP contribution in [0.4, 0.5) is 0 Å². The molecule has 0 aromatic rings. The minimum absolute atomic E-state index is 0.109. The van der Waals surface area contributed by atoms with Crippen molar-refractivity contribution in [2.75, 3.05) is 0 Å². The van der Waals surface area contributed by atoms with E-state index >= 15 is 0 Å². The van der Waals surface area contributed by atoms with Crippen LogP contribution in [0.1, 0.15) is 6.42 Å². The van der Waals surface area contributed by atoms with Crippen LogP contribution in [0.15, 0.2) is 0 Å². The first-order valence-corrected chi connectivity index (χ1v) is 3.19. The number of hydrogen-bond acceptors (Lipinski definition) is 4. The Morgan fingerprint density at radius 3 is 2.25 bits per heavy atom. The highest BCUT2D eigenvalue weighted by atomic mass is 32.2. The topological polar surface area (TPSA) is 37.3 Å². The number of aliphatic hydroxyl groups excluding tert-OH is 1. The molecule has 0 amide bonds. The SMILES string of the molecule is O=CCC(O)C(S)S. The molecule has 0 aromatic carbocycles. The molecule has 0 aliphatic heterocycles. The minimum atomic E-state index is -0.723. The third kappa shape index (κ3) is 3.35. The third-order valence-corrected chi connectivity index (χ3v) is 1.37. The monoisotopic (exact) mass is 152 g/mol. The molecule has 1 atom stereocenters. The summed E-state index contributed by atoms with van der Waals surface area (Å²) in [6.07, 6.45) is 0.0288. The summed E-state index contributed by atoms with van der Waals surface area (Å²) < 4.78 is -0.416. The van der Waals surface area contributed by atoms with Crippen molar-refractivity contribution in [2.24, 2.45) is 0 Å². The maximum absolute atomic E-state index is 9.69. The van der Waals surface area contributed by atoms with Crippen molar-refractivity contribution in [1.82, 2.24) is 0 Å². The van der Waals surface area contributed by atoms with E-state index in [4.69, 9.17) is 5.11 Å². The van der Waals surface area contributed by atoms with Gasteiger partial charge in [0.1, 0.15) is 6.29 Å². The fourth-order valence-electron chi connectivity index (χ4n) is 0.220. The molecule has 0 fully saturated rings. The first-order chi connectivity index (χ1) is 3.68. The molecule has 4 heteroatoms. The minimum Gasteiger partial charge on any atom is -0.391 e. The van der Waals surface area contributed by atoms with Crippen LogP contribution >= 0.6 is 25.3 Å². The fraction of sp³-hybridized carbons (Fsp3) is 0.750. The molecular weight excluding hydrogens is 144 g/mol. The lowest BCUT2D eigenvalue weighted by Crippen LogP contribution is -2.15. The summed E-state index contributed by atoms with van der Waals surface area (Å²) >= 11 is 7.56. The number of thiol groups is 2. The molecule has 0 bridgehead atoms. The van der Waals surface area contributed by atoms with Crippen LogP contribution in [0, 0.1) is 0 Å². The van der Waals surface area contributed by atoms with E-state index in [0.717, 1.165) is 0 Å². The molecule has 0 radical (unpaired) electrons. The van der Waals surface area contributed by atoms with E-state index in [0.29, 0.717) is 6.29 Å². The van der Waals surface area contributed by atoms with Crippen molar-refractivity contribution in [3.8, 4) is 0 Å². The molecular formula is C4H8O2S2. The zero-order valence-corrected chi connectivity index (χ0v) is 5.98. The summed E-state index contributed by atoms with van der Waals surface area (Å²) in [5.74, 6) is 0. The number of aldehydes is 1. The molecule has 0 aromatic heterocycles. The summed E-state index contributed by atoms with van der Waals surface area (Å²) in [5.41, 5.74) is 0. The van der Waals surface area contributed by atoms with Gasteiger partial charge in [-0.05, 0) is 0 Å². The smallest absolute Gasteiger partial charge is 0.122 e. The van der Waals surface area contributed by atoms with Crippen LogP contribution in [0.3, 0.4) is 0 Å². The number of rotatable bonds is 3. The zero-order chi connectivity index (χ0) is 6.57. The predicted molar refractivity (Wildman–Crippen MR) is 38.4 cm³/mol. The third-order valence-electron chi connectivity index (χ3n) is 0.682. The number of carbonyl (C=O) groups is 1. The van der Waals surface area contributed by atoms with Crippen LogP contribution in [-0.4, -0.2) is 22.1 Å². The Hall–Kier alpha value is 0.330. The molecule has 1 unspecified atom stereocenters. The van der Waals surface area contributed by atoms with Gasteiger partial charge in [0.2, 0.25) is 0 Å². The molecule has 0 saturated carbocycles. The maximum Gasteiger partial charge on any atom is 0.122 e. The van der Waals surface area contributed by atoms with Gasteiger partial charge < -0.3 is 9.90 Å². The second-order valence-corrected chi connectivity index (χ2v) is 2.90. The van der Waals surface area contributed by atoms with Gasteiger partial charge in [-0.2, -0.15) is 25.3 Å². The summed E-state index contributed by atoms with van der Waals surface area (Å²) in [4.78, 5) is 9.69. The van der Waals surface area contributed by atoms with Crippen LogP contribution in [-0.2, 0) is 4.79 Å². The molecule has 1 N–H and O–H groups in total. The Balaban J connectivity index is 3.30. The predicted octanol–water partition coefficient (Wildman–Crippen LogP) is 0.122. The Kier molecular flexibility index (Phi) is 4.41. The van der Waals surface area contributed by atoms with Gasteiger partial charge in [0.05, 0.1) is 10.7 Å². The summed E-state index contributed by atoms with van der Waals surface area (Å²) in [7, 11) is 0. The van der Waals surface area contributed by atoms with Gasteiger partial charge in [-0.25, -0.2) is 0 Å². The van der Waals surface area contributed by atoms with Gasteiger partial charge in [-0.3, -0.25) is 0 Å². The molecule has 0 saturated heterocycles. The lowest BCUT2D eigenvalue weighted by molar-refractivity contribution is -0.109. The standard InChI is InChI=1S/C4H8O2S2/c5-2-1-3(6)4(7)8/h2-4,6-8H,1H2. The zero-order valence-electron chi connectivity index (χ0n) is 4.19. The van der Waals surface area contributed by atoms with Crippen molar-refractivity contribution in [3.05, 3.63) is 0 Å². The van der Waals surface area contributed by atoms with Crippen molar-refractivity contribution >= 4 is 31.5 Å². The molecule has 0 rings (SSSR count). The molecule has 0 spiro atoms. The quantitative estimate of drug-likeness (QED) is 0.305. The van der Waals surface area contributed by atoms with Crippen molar-refractivity contribution in [2.45, 2.75) is 17.1 Å². The van der Waals surface area contributed by atoms with Crippen LogP contribution < -0.4 is 0 Å². The van der Waals surface area contributed by atoms with E-state index in [-0.39, 0.29) is 6.42 Å². The Morgan fingerprint density at radius 1 is 1.62 bits per heavy atom. The summed E-state index contributed by atoms with van der Waals surface area (Å²) in [5, 5.41) is 8.74. The number of aliphatic hydroxyl groups is 1. The van der Waals surface area contributed by atoms with Crippen molar-refractivity contribution < 1.29 is 9.90 Å². The van der Waals surface area contributed by atoms with Crippen molar-refractivity contribution in [1.29, 1.82) is 0 Å². The number of hydrogen-bond donors (Lipinski definition) is 3. The van der Waals surface area contributed by atoms with E-state index < -0.39 is 10.7 Å². The van der Waals surface area contributed by atoms with Gasteiger partial charge >= 0.3 is 0 Å². The normalized spacial score (nSPS) is 14.0. The summed E-state index contributed by atoms with van der Waals surface area (Å²) in [6.45, 7) is 0. The second-order valence-electron chi connectivity index (χ2n) is 1.38. The highest BCUT2D eigenvalue weighted by Gasteiger charge is 2.08. The first kappa shape index (κ1) is 8.33. The highest BCUT2D eigenvalue weighted by Crippen LogP contribution is 2.07. The average Bonchev–Trinajstić information content (AvgIpc) is 1.67. The lowest BCUT2D eigenvalue weighted by Gasteiger charge is -2.07. The lowest BCUT2D eigenvalue weighted by atomic mass is 10.3. The van der Waals surface area contributed by atoms with Gasteiger partial charge in [0, 0.05) is 6.42 Å². The Morgan fingerprint density at radius 2 is 2.12 bits per heavy atom. The largest absolute Gasteiger partial charge is 0.391 e. The molecule has 0 aliphatic rings. The first-order valence-electron chi connectivity index (χ1n) is 2.16. The molecule has 2 nitrogen and oxygen atoms in total. The number of carbonyl (C=O) groups excluding carboxylic acids is 1. The van der Waals surface area contributed by atoms with Crippen LogP contribution in [0.25, 0.3) is 0 Å². The maximum atomic E-state index is 9.69. The Labute approximate surface area is 59.1 Å². The van der Waals surface area contributed by atoms with Crippen LogP contribution in [0.2, 0.25) is 0 Å².